The number of benzene rings is 1. The number of amides is 1. The summed E-state index contributed by atoms with van der Waals surface area (Å²) in [5, 5.41) is 16.0. The summed E-state index contributed by atoms with van der Waals surface area (Å²) < 4.78 is 10.9. The first-order valence-electron chi connectivity index (χ1n) is 12.7. The molecule has 8 nitrogen and oxygen atoms in total. The zero-order valence-corrected chi connectivity index (χ0v) is 20.8. The van der Waals surface area contributed by atoms with Crippen molar-refractivity contribution in [1.29, 1.82) is 0 Å². The number of carbonyl (C=O) groups is 1. The van der Waals surface area contributed by atoms with E-state index in [-0.39, 0.29) is 29.3 Å². The van der Waals surface area contributed by atoms with E-state index in [1.807, 2.05) is 12.1 Å². The molecule has 9 heteroatoms. The van der Waals surface area contributed by atoms with Gasteiger partial charge in [0.05, 0.1) is 36.1 Å². The molecule has 1 aromatic heterocycles. The number of ether oxygens (including phenoxy) is 2. The van der Waals surface area contributed by atoms with Crippen LogP contribution in [-0.4, -0.2) is 85.1 Å². The molecule has 6 rings (SSSR count). The number of hydrogen-bond donors (Lipinski definition) is 2. The highest BCUT2D eigenvalue weighted by molar-refractivity contribution is 6.34. The van der Waals surface area contributed by atoms with Crippen molar-refractivity contribution in [1.82, 2.24) is 9.88 Å². The van der Waals surface area contributed by atoms with Crippen molar-refractivity contribution in [2.45, 2.75) is 44.4 Å². The summed E-state index contributed by atoms with van der Waals surface area (Å²) in [5.74, 6) is 0.709. The van der Waals surface area contributed by atoms with Crippen LogP contribution in [0.3, 0.4) is 0 Å². The smallest absolute Gasteiger partial charge is 0.229 e. The topological polar surface area (TPSA) is 87.2 Å². The Morgan fingerprint density at radius 2 is 2.00 bits per heavy atom. The zero-order chi connectivity index (χ0) is 24.2. The van der Waals surface area contributed by atoms with Gasteiger partial charge in [-0.25, -0.2) is 4.98 Å². The molecule has 4 heterocycles. The van der Waals surface area contributed by atoms with Gasteiger partial charge in [0.25, 0.3) is 0 Å². The van der Waals surface area contributed by atoms with Gasteiger partial charge in [0.1, 0.15) is 5.82 Å². The quantitative estimate of drug-likeness (QED) is 0.667. The van der Waals surface area contributed by atoms with Crippen LogP contribution in [0.5, 0.6) is 0 Å². The number of pyridine rings is 1. The third-order valence-electron chi connectivity index (χ3n) is 8.50. The Kier molecular flexibility index (Phi) is 6.13. The Morgan fingerprint density at radius 1 is 1.17 bits per heavy atom. The van der Waals surface area contributed by atoms with Crippen molar-refractivity contribution < 1.29 is 19.4 Å². The molecule has 3 aliphatic heterocycles. The van der Waals surface area contributed by atoms with Gasteiger partial charge >= 0.3 is 0 Å². The Bertz CT molecular complexity index is 1120. The van der Waals surface area contributed by atoms with Crippen LogP contribution in [0.2, 0.25) is 5.02 Å². The fourth-order valence-electron chi connectivity index (χ4n) is 6.26. The maximum atomic E-state index is 12.9. The fourth-order valence-corrected chi connectivity index (χ4v) is 6.55. The molecule has 1 spiro atoms. The van der Waals surface area contributed by atoms with E-state index in [1.165, 1.54) is 0 Å². The van der Waals surface area contributed by atoms with Gasteiger partial charge in [0.2, 0.25) is 5.91 Å². The highest BCUT2D eigenvalue weighted by Crippen LogP contribution is 2.59. The Labute approximate surface area is 210 Å². The summed E-state index contributed by atoms with van der Waals surface area (Å²) in [4.78, 5) is 22.0. The predicted octanol–water partition coefficient (Wildman–Crippen LogP) is 2.91. The molecular formula is C26H33ClN4O4. The summed E-state index contributed by atoms with van der Waals surface area (Å²) >= 11 is 6.70. The third kappa shape index (κ3) is 4.40. The molecule has 1 amide bonds. The maximum absolute atomic E-state index is 12.9. The minimum atomic E-state index is -0.425. The van der Waals surface area contributed by atoms with E-state index >= 15 is 0 Å². The van der Waals surface area contributed by atoms with Gasteiger partial charge in [-0.05, 0) is 55.2 Å². The van der Waals surface area contributed by atoms with E-state index in [9.17, 15) is 9.90 Å². The normalized spacial score (nSPS) is 30.7. The van der Waals surface area contributed by atoms with Crippen LogP contribution in [0, 0.1) is 11.3 Å². The first kappa shape index (κ1) is 23.4. The second-order valence-corrected chi connectivity index (χ2v) is 11.1. The fraction of sp³-hybridized carbons (Fsp3) is 0.615. The maximum Gasteiger partial charge on any atom is 0.229 e. The van der Waals surface area contributed by atoms with Crippen LogP contribution in [0.4, 0.5) is 11.5 Å². The van der Waals surface area contributed by atoms with Gasteiger partial charge < -0.3 is 24.8 Å². The standard InChI is InChI=1S/C26H33ClN4O4/c1-16-13-30(4-5-31(16)22-14-35-15-23(22)32)21-9-17-10-24(28-12-18(17)8-20(21)27)29-25(33)19-11-26(19)2-6-34-7-3-26/h8-10,12,16,19,22-23,32H,2-7,11,13-15H2,1H3,(H,28,29,33)/t16-,19?,22+,23-/m0/s1. The Morgan fingerprint density at radius 3 is 2.74 bits per heavy atom. The van der Waals surface area contributed by atoms with Crippen molar-refractivity contribution in [2.24, 2.45) is 11.3 Å². The number of aliphatic hydroxyl groups excluding tert-OH is 1. The Hall–Kier alpha value is -1.97. The van der Waals surface area contributed by atoms with Crippen molar-refractivity contribution in [3.63, 3.8) is 0 Å². The highest BCUT2D eigenvalue weighted by atomic mass is 35.5. The van der Waals surface area contributed by atoms with E-state index in [0.29, 0.717) is 24.1 Å². The number of piperazine rings is 1. The molecule has 1 aliphatic carbocycles. The van der Waals surface area contributed by atoms with Gasteiger partial charge in [-0.15, -0.1) is 0 Å². The second kappa shape index (κ2) is 9.16. The van der Waals surface area contributed by atoms with Crippen LogP contribution in [0.25, 0.3) is 10.8 Å². The van der Waals surface area contributed by atoms with Crippen molar-refractivity contribution in [3.8, 4) is 0 Å². The summed E-state index contributed by atoms with van der Waals surface area (Å²) in [5.41, 5.74) is 1.13. The predicted molar refractivity (Wildman–Crippen MR) is 135 cm³/mol. The number of hydrogen-bond acceptors (Lipinski definition) is 7. The van der Waals surface area contributed by atoms with E-state index in [0.717, 1.165) is 68.6 Å². The number of aliphatic hydroxyl groups is 1. The first-order chi connectivity index (χ1) is 16.9. The number of rotatable bonds is 4. The number of fused-ring (bicyclic) bond motifs is 1. The second-order valence-electron chi connectivity index (χ2n) is 10.6. The van der Waals surface area contributed by atoms with Gasteiger partial charge in [0.15, 0.2) is 0 Å². The van der Waals surface area contributed by atoms with E-state index < -0.39 is 6.10 Å². The molecule has 188 valence electrons. The largest absolute Gasteiger partial charge is 0.389 e. The summed E-state index contributed by atoms with van der Waals surface area (Å²) in [7, 11) is 0. The molecule has 3 saturated heterocycles. The van der Waals surface area contributed by atoms with Crippen LogP contribution < -0.4 is 10.2 Å². The lowest BCUT2D eigenvalue weighted by Gasteiger charge is -2.44. The number of carbonyl (C=O) groups excluding carboxylic acids is 1. The van der Waals surface area contributed by atoms with Gasteiger partial charge in [-0.3, -0.25) is 9.69 Å². The SMILES string of the molecule is C[C@H]1CN(c2cc3cc(NC(=O)C4CC45CCOCC5)ncc3cc2Cl)CCN1[C@@H]1COC[C@@H]1O. The van der Waals surface area contributed by atoms with Crippen LogP contribution in [0.1, 0.15) is 26.2 Å². The van der Waals surface area contributed by atoms with Gasteiger partial charge in [0, 0.05) is 56.4 Å². The molecule has 0 radical (unpaired) electrons. The molecule has 2 aromatic rings. The van der Waals surface area contributed by atoms with E-state index in [1.54, 1.807) is 6.20 Å². The first-order valence-corrected chi connectivity index (χ1v) is 13.1. The van der Waals surface area contributed by atoms with Crippen molar-refractivity contribution in [2.75, 3.05) is 56.3 Å². The van der Waals surface area contributed by atoms with Gasteiger partial charge in [-0.2, -0.15) is 0 Å². The van der Waals surface area contributed by atoms with Crippen molar-refractivity contribution in [3.05, 3.63) is 29.4 Å². The molecule has 4 fully saturated rings. The van der Waals surface area contributed by atoms with Crippen LogP contribution in [-0.2, 0) is 14.3 Å². The number of nitrogens with one attached hydrogen (secondary N) is 1. The highest BCUT2D eigenvalue weighted by Gasteiger charge is 2.58. The number of aromatic nitrogens is 1. The average Bonchev–Trinajstić information content (AvgIpc) is 3.37. The molecule has 2 N–H and O–H groups in total. The monoisotopic (exact) mass is 500 g/mol. The minimum Gasteiger partial charge on any atom is -0.389 e. The molecule has 4 aliphatic rings. The minimum absolute atomic E-state index is 0.0585. The summed E-state index contributed by atoms with van der Waals surface area (Å²) in [6.07, 6.45) is 4.24. The molecule has 1 unspecified atom stereocenters. The summed E-state index contributed by atoms with van der Waals surface area (Å²) in [6.45, 7) is 7.17. The van der Waals surface area contributed by atoms with Crippen LogP contribution >= 0.6 is 11.6 Å². The van der Waals surface area contributed by atoms with Crippen LogP contribution in [0.15, 0.2) is 24.4 Å². The summed E-state index contributed by atoms with van der Waals surface area (Å²) in [6, 6.07) is 6.32. The average molecular weight is 501 g/mol. The molecule has 1 saturated carbocycles. The lowest BCUT2D eigenvalue weighted by molar-refractivity contribution is -0.118. The van der Waals surface area contributed by atoms with E-state index in [4.69, 9.17) is 21.1 Å². The number of anilines is 2. The molecule has 0 bridgehead atoms. The number of halogens is 1. The van der Waals surface area contributed by atoms with Crippen molar-refractivity contribution >= 4 is 39.8 Å². The lowest BCUT2D eigenvalue weighted by atomic mass is 9.93. The third-order valence-corrected chi connectivity index (χ3v) is 8.80. The number of nitrogens with zero attached hydrogens (tertiary/aromatic N) is 3. The molecular weight excluding hydrogens is 468 g/mol. The molecule has 35 heavy (non-hydrogen) atoms. The van der Waals surface area contributed by atoms with Gasteiger partial charge in [-0.1, -0.05) is 11.6 Å². The molecule has 4 atom stereocenters. The van der Waals surface area contributed by atoms with E-state index in [2.05, 4.69) is 33.1 Å². The lowest BCUT2D eigenvalue weighted by Crippen LogP contribution is -2.58. The molecule has 1 aromatic carbocycles. The Balaban J connectivity index is 1.17. The zero-order valence-electron chi connectivity index (χ0n) is 20.1.